The van der Waals surface area contributed by atoms with Gasteiger partial charge in [-0.2, -0.15) is 0 Å². The molecule has 0 spiro atoms. The minimum absolute atomic E-state index is 0.149. The molecule has 100 valence electrons. The largest absolute Gasteiger partial charge is 0.496 e. The Bertz CT molecular complexity index is 429. The van der Waals surface area contributed by atoms with Crippen molar-refractivity contribution in [2.45, 2.75) is 38.5 Å². The standard InChI is InChI=1S/C14H19ClO3/c1-9-7-11(13(18-3)8-10(9)2)12(15)5-4-6-14(16)17/h7-8,12H,4-6H2,1-3H3,(H,16,17). The lowest BCUT2D eigenvalue weighted by atomic mass is 10.00. The molecule has 1 unspecified atom stereocenters. The maximum absolute atomic E-state index is 10.5. The molecule has 1 N–H and O–H groups in total. The van der Waals surface area contributed by atoms with Crippen molar-refractivity contribution in [1.82, 2.24) is 0 Å². The SMILES string of the molecule is COc1cc(C)c(C)cc1C(Cl)CCCC(=O)O. The fraction of sp³-hybridized carbons (Fsp3) is 0.500. The first-order valence-electron chi connectivity index (χ1n) is 5.96. The highest BCUT2D eigenvalue weighted by Crippen LogP contribution is 2.35. The number of aliphatic carboxylic acids is 1. The molecule has 0 aliphatic rings. The van der Waals surface area contributed by atoms with Crippen LogP contribution in [0, 0.1) is 13.8 Å². The third-order valence-corrected chi connectivity index (χ3v) is 3.49. The minimum Gasteiger partial charge on any atom is -0.496 e. The molecule has 0 aliphatic carbocycles. The summed E-state index contributed by atoms with van der Waals surface area (Å²) in [5.41, 5.74) is 3.26. The highest BCUT2D eigenvalue weighted by molar-refractivity contribution is 6.21. The molecule has 0 aromatic heterocycles. The quantitative estimate of drug-likeness (QED) is 0.799. The summed E-state index contributed by atoms with van der Waals surface area (Å²) in [5.74, 6) is -0.0145. The summed E-state index contributed by atoms with van der Waals surface area (Å²) in [7, 11) is 1.62. The number of carbonyl (C=O) groups is 1. The summed E-state index contributed by atoms with van der Waals surface area (Å²) in [4.78, 5) is 10.5. The number of benzene rings is 1. The van der Waals surface area contributed by atoms with Crippen LogP contribution in [0.25, 0.3) is 0 Å². The number of rotatable bonds is 6. The lowest BCUT2D eigenvalue weighted by Crippen LogP contribution is -2.00. The van der Waals surface area contributed by atoms with E-state index in [4.69, 9.17) is 21.4 Å². The summed E-state index contributed by atoms with van der Waals surface area (Å²) in [6.07, 6.45) is 1.35. The van der Waals surface area contributed by atoms with E-state index in [2.05, 4.69) is 0 Å². The van der Waals surface area contributed by atoms with Gasteiger partial charge in [0, 0.05) is 12.0 Å². The van der Waals surface area contributed by atoms with E-state index in [1.54, 1.807) is 7.11 Å². The molecule has 0 saturated heterocycles. The molecular formula is C14H19ClO3. The Morgan fingerprint density at radius 2 is 2.00 bits per heavy atom. The van der Waals surface area contributed by atoms with Crippen molar-refractivity contribution in [3.63, 3.8) is 0 Å². The van der Waals surface area contributed by atoms with Gasteiger partial charge in [0.1, 0.15) is 5.75 Å². The van der Waals surface area contributed by atoms with E-state index in [-0.39, 0.29) is 11.8 Å². The molecule has 1 aromatic rings. The van der Waals surface area contributed by atoms with E-state index >= 15 is 0 Å². The second-order valence-corrected chi connectivity index (χ2v) is 4.96. The lowest BCUT2D eigenvalue weighted by Gasteiger charge is -2.16. The number of alkyl halides is 1. The van der Waals surface area contributed by atoms with E-state index < -0.39 is 5.97 Å². The first kappa shape index (κ1) is 14.8. The lowest BCUT2D eigenvalue weighted by molar-refractivity contribution is -0.137. The molecule has 0 aliphatic heterocycles. The smallest absolute Gasteiger partial charge is 0.303 e. The molecule has 4 heteroatoms. The molecule has 0 heterocycles. The maximum atomic E-state index is 10.5. The van der Waals surface area contributed by atoms with Gasteiger partial charge in [-0.1, -0.05) is 6.07 Å². The fourth-order valence-corrected chi connectivity index (χ4v) is 2.15. The van der Waals surface area contributed by atoms with E-state index in [9.17, 15) is 4.79 Å². The Morgan fingerprint density at radius 3 is 2.56 bits per heavy atom. The molecule has 0 amide bonds. The highest BCUT2D eigenvalue weighted by atomic mass is 35.5. The molecule has 1 aromatic carbocycles. The summed E-state index contributed by atoms with van der Waals surface area (Å²) >= 11 is 6.32. The van der Waals surface area contributed by atoms with Gasteiger partial charge in [-0.3, -0.25) is 4.79 Å². The average Bonchev–Trinajstić information content (AvgIpc) is 2.31. The van der Waals surface area contributed by atoms with Crippen LogP contribution in [0.2, 0.25) is 0 Å². The second kappa shape index (κ2) is 6.64. The maximum Gasteiger partial charge on any atom is 0.303 e. The molecule has 18 heavy (non-hydrogen) atoms. The summed E-state index contributed by atoms with van der Waals surface area (Å²) in [6, 6.07) is 3.99. The number of halogens is 1. The van der Waals surface area contributed by atoms with Gasteiger partial charge in [0.05, 0.1) is 12.5 Å². The first-order chi connectivity index (χ1) is 8.45. The van der Waals surface area contributed by atoms with Crippen LogP contribution in [0.15, 0.2) is 12.1 Å². The number of ether oxygens (including phenoxy) is 1. The molecule has 0 bridgehead atoms. The van der Waals surface area contributed by atoms with Crippen LogP contribution < -0.4 is 4.74 Å². The molecule has 1 rings (SSSR count). The van der Waals surface area contributed by atoms with Crippen molar-refractivity contribution >= 4 is 17.6 Å². The fourth-order valence-electron chi connectivity index (χ4n) is 1.82. The third-order valence-electron chi connectivity index (χ3n) is 3.03. The van der Waals surface area contributed by atoms with Crippen molar-refractivity contribution in [2.75, 3.05) is 7.11 Å². The molecule has 1 atom stereocenters. The van der Waals surface area contributed by atoms with Crippen molar-refractivity contribution in [2.24, 2.45) is 0 Å². The minimum atomic E-state index is -0.786. The number of methoxy groups -OCH3 is 1. The van der Waals surface area contributed by atoms with Crippen molar-refractivity contribution < 1.29 is 14.6 Å². The number of carboxylic acids is 1. The topological polar surface area (TPSA) is 46.5 Å². The summed E-state index contributed by atoms with van der Waals surface area (Å²) in [5, 5.41) is 8.40. The average molecular weight is 271 g/mol. The monoisotopic (exact) mass is 270 g/mol. The zero-order chi connectivity index (χ0) is 13.7. The van der Waals surface area contributed by atoms with Crippen LogP contribution in [-0.4, -0.2) is 18.2 Å². The van der Waals surface area contributed by atoms with E-state index in [0.717, 1.165) is 22.4 Å². The molecular weight excluding hydrogens is 252 g/mol. The van der Waals surface area contributed by atoms with E-state index in [1.165, 1.54) is 0 Å². The Labute approximate surface area is 113 Å². The van der Waals surface area contributed by atoms with Gasteiger partial charge in [-0.05, 0) is 43.9 Å². The number of hydrogen-bond donors (Lipinski definition) is 1. The first-order valence-corrected chi connectivity index (χ1v) is 6.40. The van der Waals surface area contributed by atoms with Crippen LogP contribution in [0.1, 0.15) is 41.3 Å². The van der Waals surface area contributed by atoms with E-state index in [1.807, 2.05) is 26.0 Å². The Kier molecular flexibility index (Phi) is 5.48. The number of hydrogen-bond acceptors (Lipinski definition) is 2. The highest BCUT2D eigenvalue weighted by Gasteiger charge is 2.15. The van der Waals surface area contributed by atoms with Crippen LogP contribution in [-0.2, 0) is 4.79 Å². The van der Waals surface area contributed by atoms with Gasteiger partial charge in [-0.15, -0.1) is 11.6 Å². The van der Waals surface area contributed by atoms with Gasteiger partial charge in [0.15, 0.2) is 0 Å². The van der Waals surface area contributed by atoms with Crippen LogP contribution in [0.5, 0.6) is 5.75 Å². The van der Waals surface area contributed by atoms with Gasteiger partial charge in [0.2, 0.25) is 0 Å². The number of aryl methyl sites for hydroxylation is 2. The van der Waals surface area contributed by atoms with Crippen LogP contribution >= 0.6 is 11.6 Å². The summed E-state index contributed by atoms with van der Waals surface area (Å²) in [6.45, 7) is 4.05. The van der Waals surface area contributed by atoms with Gasteiger partial charge < -0.3 is 9.84 Å². The van der Waals surface area contributed by atoms with Crippen LogP contribution in [0.4, 0.5) is 0 Å². The Morgan fingerprint density at radius 1 is 1.39 bits per heavy atom. The van der Waals surface area contributed by atoms with Gasteiger partial charge in [0.25, 0.3) is 0 Å². The summed E-state index contributed by atoms with van der Waals surface area (Å²) < 4.78 is 5.33. The normalized spacial score (nSPS) is 12.2. The van der Waals surface area contributed by atoms with Crippen LogP contribution in [0.3, 0.4) is 0 Å². The molecule has 3 nitrogen and oxygen atoms in total. The van der Waals surface area contributed by atoms with E-state index in [0.29, 0.717) is 12.8 Å². The van der Waals surface area contributed by atoms with Gasteiger partial charge in [-0.25, -0.2) is 0 Å². The predicted octanol–water partition coefficient (Wildman–Crippen LogP) is 3.85. The Hall–Kier alpha value is -1.22. The molecule has 0 saturated carbocycles. The van der Waals surface area contributed by atoms with Crippen molar-refractivity contribution in [3.8, 4) is 5.75 Å². The molecule has 0 radical (unpaired) electrons. The zero-order valence-corrected chi connectivity index (χ0v) is 11.8. The van der Waals surface area contributed by atoms with Gasteiger partial charge >= 0.3 is 5.97 Å². The molecule has 0 fully saturated rings. The Balaban J connectivity index is 2.80. The second-order valence-electron chi connectivity index (χ2n) is 4.43. The number of carboxylic acid groups (broad SMARTS) is 1. The van der Waals surface area contributed by atoms with Crippen molar-refractivity contribution in [3.05, 3.63) is 28.8 Å². The third kappa shape index (κ3) is 3.91. The predicted molar refractivity (Wildman–Crippen MR) is 72.5 cm³/mol. The zero-order valence-electron chi connectivity index (χ0n) is 11.0. The van der Waals surface area contributed by atoms with Crippen molar-refractivity contribution in [1.29, 1.82) is 0 Å².